The van der Waals surface area contributed by atoms with E-state index in [1.807, 2.05) is 0 Å². The first-order chi connectivity index (χ1) is 8.47. The molecule has 0 fully saturated rings. The summed E-state index contributed by atoms with van der Waals surface area (Å²) in [6, 6.07) is 9.77. The van der Waals surface area contributed by atoms with Crippen LogP contribution in [0.3, 0.4) is 0 Å². The molecule has 0 heterocycles. The third kappa shape index (κ3) is 6.55. The SMILES string of the molecule is CC(C)CCC(C)NC(C)Cc1ccc(Br)cc1. The summed E-state index contributed by atoms with van der Waals surface area (Å²) in [5.41, 5.74) is 1.40. The van der Waals surface area contributed by atoms with E-state index in [0.717, 1.165) is 16.8 Å². The van der Waals surface area contributed by atoms with Crippen molar-refractivity contribution in [2.75, 3.05) is 0 Å². The minimum Gasteiger partial charge on any atom is -0.311 e. The highest BCUT2D eigenvalue weighted by Gasteiger charge is 2.08. The number of benzene rings is 1. The van der Waals surface area contributed by atoms with E-state index in [9.17, 15) is 0 Å². The van der Waals surface area contributed by atoms with Crippen molar-refractivity contribution < 1.29 is 0 Å². The summed E-state index contributed by atoms with van der Waals surface area (Å²) in [6.45, 7) is 9.14. The molecular formula is C16H26BrN. The molecule has 1 rings (SSSR count). The Morgan fingerprint density at radius 3 is 2.11 bits per heavy atom. The highest BCUT2D eigenvalue weighted by atomic mass is 79.9. The van der Waals surface area contributed by atoms with E-state index in [1.54, 1.807) is 0 Å². The van der Waals surface area contributed by atoms with Crippen molar-refractivity contribution in [1.82, 2.24) is 5.32 Å². The Balaban J connectivity index is 2.32. The smallest absolute Gasteiger partial charge is 0.0175 e. The highest BCUT2D eigenvalue weighted by Crippen LogP contribution is 2.12. The lowest BCUT2D eigenvalue weighted by molar-refractivity contribution is 0.410. The molecule has 0 aromatic heterocycles. The molecular weight excluding hydrogens is 286 g/mol. The number of hydrogen-bond donors (Lipinski definition) is 1. The van der Waals surface area contributed by atoms with Gasteiger partial charge in [0.1, 0.15) is 0 Å². The summed E-state index contributed by atoms with van der Waals surface area (Å²) in [5, 5.41) is 3.69. The Kier molecular flexibility index (Phi) is 6.95. The number of nitrogens with one attached hydrogen (secondary N) is 1. The van der Waals surface area contributed by atoms with Crippen LogP contribution < -0.4 is 5.32 Å². The lowest BCUT2D eigenvalue weighted by Crippen LogP contribution is -2.36. The van der Waals surface area contributed by atoms with Gasteiger partial charge in [0.25, 0.3) is 0 Å². The van der Waals surface area contributed by atoms with E-state index < -0.39 is 0 Å². The minimum atomic E-state index is 0.535. The molecule has 18 heavy (non-hydrogen) atoms. The summed E-state index contributed by atoms with van der Waals surface area (Å²) in [5.74, 6) is 0.802. The maximum absolute atomic E-state index is 3.69. The fourth-order valence-electron chi connectivity index (χ4n) is 2.19. The van der Waals surface area contributed by atoms with Crippen molar-refractivity contribution >= 4 is 15.9 Å². The summed E-state index contributed by atoms with van der Waals surface area (Å²) >= 11 is 3.47. The quantitative estimate of drug-likeness (QED) is 0.763. The van der Waals surface area contributed by atoms with Gasteiger partial charge in [0, 0.05) is 16.6 Å². The van der Waals surface area contributed by atoms with E-state index in [-0.39, 0.29) is 0 Å². The fraction of sp³-hybridized carbons (Fsp3) is 0.625. The predicted octanol–water partition coefficient (Wildman–Crippen LogP) is 4.79. The highest BCUT2D eigenvalue weighted by molar-refractivity contribution is 9.10. The first-order valence-corrected chi connectivity index (χ1v) is 7.77. The van der Waals surface area contributed by atoms with E-state index in [2.05, 4.69) is 73.2 Å². The molecule has 0 saturated carbocycles. The van der Waals surface area contributed by atoms with Crippen LogP contribution in [0.4, 0.5) is 0 Å². The third-order valence-corrected chi connectivity index (χ3v) is 3.73. The average molecular weight is 312 g/mol. The average Bonchev–Trinajstić information content (AvgIpc) is 2.29. The molecule has 0 spiro atoms. The number of rotatable bonds is 7. The van der Waals surface area contributed by atoms with Crippen molar-refractivity contribution in [2.24, 2.45) is 5.92 Å². The summed E-state index contributed by atoms with van der Waals surface area (Å²) in [6.07, 6.45) is 3.67. The summed E-state index contributed by atoms with van der Waals surface area (Å²) in [4.78, 5) is 0. The van der Waals surface area contributed by atoms with Crippen LogP contribution in [0.2, 0.25) is 0 Å². The van der Waals surface area contributed by atoms with Gasteiger partial charge in [-0.2, -0.15) is 0 Å². The lowest BCUT2D eigenvalue weighted by Gasteiger charge is -2.21. The molecule has 1 aromatic rings. The molecule has 0 saturated heterocycles. The second kappa shape index (κ2) is 7.96. The first-order valence-electron chi connectivity index (χ1n) is 6.98. The van der Waals surface area contributed by atoms with Gasteiger partial charge in [-0.25, -0.2) is 0 Å². The Labute approximate surface area is 120 Å². The van der Waals surface area contributed by atoms with Crippen LogP contribution >= 0.6 is 15.9 Å². The zero-order valence-corrected chi connectivity index (χ0v) is 13.6. The zero-order valence-electron chi connectivity index (χ0n) is 12.0. The van der Waals surface area contributed by atoms with Crippen LogP contribution in [0.1, 0.15) is 46.1 Å². The third-order valence-electron chi connectivity index (χ3n) is 3.20. The van der Waals surface area contributed by atoms with Gasteiger partial charge >= 0.3 is 0 Å². The molecule has 0 aliphatic heterocycles. The Bertz CT molecular complexity index is 331. The summed E-state index contributed by atoms with van der Waals surface area (Å²) in [7, 11) is 0. The van der Waals surface area contributed by atoms with E-state index in [1.165, 1.54) is 18.4 Å². The molecule has 0 aliphatic rings. The summed E-state index contributed by atoms with van der Waals surface area (Å²) < 4.78 is 1.15. The Hall–Kier alpha value is -0.340. The molecule has 1 nitrogen and oxygen atoms in total. The number of hydrogen-bond acceptors (Lipinski definition) is 1. The molecule has 102 valence electrons. The van der Waals surface area contributed by atoms with Gasteiger partial charge in [-0.1, -0.05) is 41.9 Å². The van der Waals surface area contributed by atoms with E-state index in [4.69, 9.17) is 0 Å². The topological polar surface area (TPSA) is 12.0 Å². The van der Waals surface area contributed by atoms with Crippen molar-refractivity contribution in [3.05, 3.63) is 34.3 Å². The predicted molar refractivity (Wildman–Crippen MR) is 84.0 cm³/mol. The van der Waals surface area contributed by atoms with Crippen LogP contribution in [-0.2, 0) is 6.42 Å². The molecule has 2 unspecified atom stereocenters. The standard InChI is InChI=1S/C16H26BrN/c1-12(2)5-6-13(3)18-14(4)11-15-7-9-16(17)10-8-15/h7-10,12-14,18H,5-6,11H2,1-4H3. The maximum atomic E-state index is 3.69. The van der Waals surface area contributed by atoms with E-state index >= 15 is 0 Å². The van der Waals surface area contributed by atoms with E-state index in [0.29, 0.717) is 12.1 Å². The molecule has 0 amide bonds. The maximum Gasteiger partial charge on any atom is 0.0175 e. The van der Waals surface area contributed by atoms with Gasteiger partial charge in [-0.3, -0.25) is 0 Å². The molecule has 0 radical (unpaired) electrons. The van der Waals surface area contributed by atoms with Gasteiger partial charge < -0.3 is 5.32 Å². The molecule has 0 aliphatic carbocycles. The van der Waals surface area contributed by atoms with Gasteiger partial charge in [0.15, 0.2) is 0 Å². The monoisotopic (exact) mass is 311 g/mol. The van der Waals surface area contributed by atoms with Crippen molar-refractivity contribution in [3.8, 4) is 0 Å². The minimum absolute atomic E-state index is 0.535. The molecule has 2 heteroatoms. The van der Waals surface area contributed by atoms with Crippen molar-refractivity contribution in [2.45, 2.75) is 59.0 Å². The zero-order chi connectivity index (χ0) is 13.5. The molecule has 1 N–H and O–H groups in total. The molecule has 0 bridgehead atoms. The van der Waals surface area contributed by atoms with Crippen LogP contribution in [0.5, 0.6) is 0 Å². The van der Waals surface area contributed by atoms with Crippen LogP contribution in [0.25, 0.3) is 0 Å². The van der Waals surface area contributed by atoms with Crippen molar-refractivity contribution in [1.29, 1.82) is 0 Å². The molecule has 1 aromatic carbocycles. The Morgan fingerprint density at radius 1 is 0.944 bits per heavy atom. The second-order valence-corrected chi connectivity index (χ2v) is 6.69. The van der Waals surface area contributed by atoms with Gasteiger partial charge in [0.05, 0.1) is 0 Å². The van der Waals surface area contributed by atoms with Gasteiger partial charge in [0.2, 0.25) is 0 Å². The fourth-order valence-corrected chi connectivity index (χ4v) is 2.45. The van der Waals surface area contributed by atoms with Gasteiger partial charge in [-0.15, -0.1) is 0 Å². The molecule has 2 atom stereocenters. The van der Waals surface area contributed by atoms with Crippen LogP contribution in [0.15, 0.2) is 28.7 Å². The lowest BCUT2D eigenvalue weighted by atomic mass is 10.0. The van der Waals surface area contributed by atoms with Crippen LogP contribution in [0, 0.1) is 5.92 Å². The van der Waals surface area contributed by atoms with Gasteiger partial charge in [-0.05, 0) is 56.7 Å². The van der Waals surface area contributed by atoms with Crippen LogP contribution in [-0.4, -0.2) is 12.1 Å². The normalized spacial score (nSPS) is 14.8. The number of halogens is 1. The second-order valence-electron chi connectivity index (χ2n) is 5.77. The first kappa shape index (κ1) is 15.7. The Morgan fingerprint density at radius 2 is 1.56 bits per heavy atom. The largest absolute Gasteiger partial charge is 0.311 e. The van der Waals surface area contributed by atoms with Crippen molar-refractivity contribution in [3.63, 3.8) is 0 Å².